The number of hydrogen-bond acceptors (Lipinski definition) is 6. The first-order chi connectivity index (χ1) is 15.4. The SMILES string of the molecule is O=C1N=C2C=CC=CN2C(=O)C12ON=C(c1cccc([N+](=O)[O-])c1)C2c1ccc(Cl)cc1. The zero-order chi connectivity index (χ0) is 22.5. The van der Waals surface area contributed by atoms with E-state index in [1.54, 1.807) is 42.5 Å². The molecule has 2 amide bonds. The van der Waals surface area contributed by atoms with E-state index in [2.05, 4.69) is 10.1 Å². The minimum Gasteiger partial charge on any atom is -0.367 e. The number of allylic oxidation sites excluding steroid dienone is 2. The molecule has 0 radical (unpaired) electrons. The minimum absolute atomic E-state index is 0.160. The fourth-order valence-electron chi connectivity index (χ4n) is 3.94. The molecule has 3 aliphatic heterocycles. The van der Waals surface area contributed by atoms with Gasteiger partial charge in [-0.1, -0.05) is 47.1 Å². The summed E-state index contributed by atoms with van der Waals surface area (Å²) in [5.41, 5.74) is -1.18. The highest BCUT2D eigenvalue weighted by Crippen LogP contribution is 2.45. The summed E-state index contributed by atoms with van der Waals surface area (Å²) in [7, 11) is 0. The predicted octanol–water partition coefficient (Wildman–Crippen LogP) is 3.36. The van der Waals surface area contributed by atoms with Crippen molar-refractivity contribution < 1.29 is 19.3 Å². The van der Waals surface area contributed by atoms with E-state index >= 15 is 0 Å². The quantitative estimate of drug-likeness (QED) is 0.405. The minimum atomic E-state index is -2.09. The molecule has 9 nitrogen and oxygen atoms in total. The summed E-state index contributed by atoms with van der Waals surface area (Å²) >= 11 is 6.04. The number of oxime groups is 1. The van der Waals surface area contributed by atoms with Gasteiger partial charge in [0.15, 0.2) is 0 Å². The standard InChI is InChI=1S/C22H13ClN4O5/c23-15-9-7-13(8-10-15)18-19(14-4-3-5-16(12-14)27(30)31)25-32-22(18)20(28)24-17-6-1-2-11-26(17)21(22)29/h1-12,18H. The predicted molar refractivity (Wildman–Crippen MR) is 115 cm³/mol. The summed E-state index contributed by atoms with van der Waals surface area (Å²) in [6.45, 7) is 0. The Bertz CT molecular complexity index is 1300. The van der Waals surface area contributed by atoms with E-state index in [9.17, 15) is 19.7 Å². The summed E-state index contributed by atoms with van der Waals surface area (Å²) in [6, 6.07) is 12.3. The van der Waals surface area contributed by atoms with Crippen molar-refractivity contribution in [2.45, 2.75) is 11.5 Å². The summed E-state index contributed by atoms with van der Waals surface area (Å²) in [4.78, 5) is 48.5. The number of nitro groups is 1. The molecule has 0 saturated heterocycles. The van der Waals surface area contributed by atoms with Crippen LogP contribution >= 0.6 is 11.6 Å². The smallest absolute Gasteiger partial charge is 0.307 e. The first-order valence-corrected chi connectivity index (χ1v) is 9.87. The van der Waals surface area contributed by atoms with Crippen LogP contribution in [0.15, 0.2) is 83.1 Å². The number of amides is 2. The number of carbonyl (C=O) groups is 2. The molecule has 0 bridgehead atoms. The monoisotopic (exact) mass is 448 g/mol. The average Bonchev–Trinajstić information content (AvgIpc) is 3.20. The van der Waals surface area contributed by atoms with Gasteiger partial charge in [-0.3, -0.25) is 24.6 Å². The number of nitro benzene ring substituents is 1. The van der Waals surface area contributed by atoms with E-state index in [4.69, 9.17) is 16.4 Å². The highest BCUT2D eigenvalue weighted by molar-refractivity contribution is 6.31. The third-order valence-corrected chi connectivity index (χ3v) is 5.68. The van der Waals surface area contributed by atoms with Crippen molar-refractivity contribution in [3.8, 4) is 0 Å². The molecule has 3 heterocycles. The van der Waals surface area contributed by atoms with Gasteiger partial charge in [0.25, 0.3) is 11.6 Å². The largest absolute Gasteiger partial charge is 0.367 e. The van der Waals surface area contributed by atoms with E-state index in [0.717, 1.165) is 0 Å². The van der Waals surface area contributed by atoms with Crippen LogP contribution in [0.3, 0.4) is 0 Å². The molecular weight excluding hydrogens is 436 g/mol. The Labute approximate surface area is 186 Å². The van der Waals surface area contributed by atoms with Gasteiger partial charge in [-0.2, -0.15) is 4.99 Å². The van der Waals surface area contributed by atoms with Crippen LogP contribution in [-0.4, -0.2) is 38.8 Å². The number of carbonyl (C=O) groups excluding carboxylic acids is 2. The van der Waals surface area contributed by atoms with Crippen LogP contribution in [0.2, 0.25) is 5.02 Å². The molecule has 0 fully saturated rings. The summed E-state index contributed by atoms with van der Waals surface area (Å²) in [5, 5.41) is 15.8. The van der Waals surface area contributed by atoms with Crippen LogP contribution in [0.5, 0.6) is 0 Å². The van der Waals surface area contributed by atoms with Crippen LogP contribution in [0.4, 0.5) is 5.69 Å². The van der Waals surface area contributed by atoms with Gasteiger partial charge >= 0.3 is 11.5 Å². The second-order valence-corrected chi connectivity index (χ2v) is 7.68. The Morgan fingerprint density at radius 3 is 2.66 bits per heavy atom. The van der Waals surface area contributed by atoms with Gasteiger partial charge in [0.05, 0.1) is 16.6 Å². The molecule has 0 aromatic heterocycles. The van der Waals surface area contributed by atoms with Gasteiger partial charge in [-0.05, 0) is 29.8 Å². The third kappa shape index (κ3) is 2.86. The number of fused-ring (bicyclic) bond motifs is 1. The van der Waals surface area contributed by atoms with Crippen LogP contribution < -0.4 is 0 Å². The Hall–Kier alpha value is -4.11. The summed E-state index contributed by atoms with van der Waals surface area (Å²) < 4.78 is 0. The zero-order valence-corrected chi connectivity index (χ0v) is 17.0. The lowest BCUT2D eigenvalue weighted by Gasteiger charge is -2.36. The molecular formula is C22H13ClN4O5. The zero-order valence-electron chi connectivity index (χ0n) is 16.2. The number of rotatable bonds is 3. The van der Waals surface area contributed by atoms with Crippen molar-refractivity contribution in [1.82, 2.24) is 4.90 Å². The van der Waals surface area contributed by atoms with E-state index < -0.39 is 28.3 Å². The molecule has 2 atom stereocenters. The van der Waals surface area contributed by atoms with Gasteiger partial charge in [0, 0.05) is 28.9 Å². The van der Waals surface area contributed by atoms with Gasteiger partial charge in [0.2, 0.25) is 0 Å². The van der Waals surface area contributed by atoms with Crippen LogP contribution in [0.1, 0.15) is 17.0 Å². The van der Waals surface area contributed by atoms with Crippen molar-refractivity contribution in [3.63, 3.8) is 0 Å². The Morgan fingerprint density at radius 2 is 1.91 bits per heavy atom. The van der Waals surface area contributed by atoms with E-state index in [1.165, 1.54) is 35.4 Å². The molecule has 0 aliphatic carbocycles. The van der Waals surface area contributed by atoms with Crippen molar-refractivity contribution in [2.75, 3.05) is 0 Å². The number of non-ortho nitro benzene ring substituents is 1. The lowest BCUT2D eigenvalue weighted by molar-refractivity contribution is -0.384. The molecule has 5 rings (SSSR count). The second kappa shape index (κ2) is 7.24. The molecule has 2 aromatic rings. The number of nitrogens with zero attached hydrogens (tertiary/aromatic N) is 4. The number of amidine groups is 1. The van der Waals surface area contributed by atoms with Crippen molar-refractivity contribution >= 4 is 40.6 Å². The van der Waals surface area contributed by atoms with E-state index in [-0.39, 0.29) is 17.2 Å². The highest BCUT2D eigenvalue weighted by atomic mass is 35.5. The maximum absolute atomic E-state index is 13.6. The maximum Gasteiger partial charge on any atom is 0.307 e. The lowest BCUT2D eigenvalue weighted by Crippen LogP contribution is -2.61. The third-order valence-electron chi connectivity index (χ3n) is 5.43. The molecule has 10 heteroatoms. The highest BCUT2D eigenvalue weighted by Gasteiger charge is 2.65. The Kier molecular flexibility index (Phi) is 4.49. The van der Waals surface area contributed by atoms with Crippen LogP contribution in [0, 0.1) is 10.1 Å². The number of hydrogen-bond donors (Lipinski definition) is 0. The summed E-state index contributed by atoms with van der Waals surface area (Å²) in [5.74, 6) is -2.29. The fraction of sp³-hybridized carbons (Fsp3) is 0.0909. The lowest BCUT2D eigenvalue weighted by atomic mass is 9.75. The number of aliphatic imine (C=N–C) groups is 1. The normalized spacial score (nSPS) is 23.7. The molecule has 158 valence electrons. The van der Waals surface area contributed by atoms with Crippen LogP contribution in [0.25, 0.3) is 0 Å². The van der Waals surface area contributed by atoms with Gasteiger partial charge in [-0.25, -0.2) is 0 Å². The van der Waals surface area contributed by atoms with Gasteiger partial charge in [-0.15, -0.1) is 0 Å². The first-order valence-electron chi connectivity index (χ1n) is 9.50. The first kappa shape index (κ1) is 19.8. The summed E-state index contributed by atoms with van der Waals surface area (Å²) in [6.07, 6.45) is 6.32. The fourth-order valence-corrected chi connectivity index (χ4v) is 4.07. The van der Waals surface area contributed by atoms with E-state index in [1.807, 2.05) is 0 Å². The maximum atomic E-state index is 13.6. The molecule has 0 saturated carbocycles. The van der Waals surface area contributed by atoms with Crippen molar-refractivity contribution in [3.05, 3.63) is 99.2 Å². The van der Waals surface area contributed by atoms with Crippen molar-refractivity contribution in [2.24, 2.45) is 10.1 Å². The number of benzene rings is 2. The van der Waals surface area contributed by atoms with Gasteiger partial charge in [0.1, 0.15) is 5.84 Å². The molecule has 1 spiro atoms. The Morgan fingerprint density at radius 1 is 1.12 bits per heavy atom. The second-order valence-electron chi connectivity index (χ2n) is 7.25. The molecule has 2 aromatic carbocycles. The van der Waals surface area contributed by atoms with Crippen molar-refractivity contribution in [1.29, 1.82) is 0 Å². The topological polar surface area (TPSA) is 114 Å². The van der Waals surface area contributed by atoms with E-state index in [0.29, 0.717) is 16.1 Å². The average molecular weight is 449 g/mol. The van der Waals surface area contributed by atoms with Crippen LogP contribution in [-0.2, 0) is 14.4 Å². The molecule has 3 aliphatic rings. The molecule has 32 heavy (non-hydrogen) atoms. The number of halogens is 1. The van der Waals surface area contributed by atoms with Gasteiger partial charge < -0.3 is 4.84 Å². The Balaban J connectivity index is 1.69. The molecule has 0 N–H and O–H groups in total. The molecule has 2 unspecified atom stereocenters.